The average molecular weight is 287 g/mol. The molecule has 1 aromatic carbocycles. The number of aromatic amines is 1. The largest absolute Gasteiger partial charge is 0.356 e. The summed E-state index contributed by atoms with van der Waals surface area (Å²) in [5.74, 6) is 1.96. The second-order valence-corrected chi connectivity index (χ2v) is 6.33. The molecule has 4 nitrogen and oxygen atoms in total. The maximum atomic E-state index is 11.6. The lowest BCUT2D eigenvalue weighted by molar-refractivity contribution is -0.121. The molecule has 2 aromatic rings. The Kier molecular flexibility index (Phi) is 4.99. The highest BCUT2D eigenvalue weighted by Crippen LogP contribution is 2.18. The van der Waals surface area contributed by atoms with E-state index in [1.165, 1.54) is 5.56 Å². The van der Waals surface area contributed by atoms with Crippen molar-refractivity contribution in [1.29, 1.82) is 0 Å². The number of imidazole rings is 1. The van der Waals surface area contributed by atoms with Gasteiger partial charge in [0.05, 0.1) is 11.0 Å². The van der Waals surface area contributed by atoms with Crippen molar-refractivity contribution in [3.05, 3.63) is 29.6 Å². The third-order valence-corrected chi connectivity index (χ3v) is 3.44. The quantitative estimate of drug-likeness (QED) is 0.855. The number of aromatic nitrogens is 2. The second-order valence-electron chi connectivity index (χ2n) is 6.33. The molecule has 0 saturated carbocycles. The van der Waals surface area contributed by atoms with Gasteiger partial charge in [-0.1, -0.05) is 33.8 Å². The van der Waals surface area contributed by atoms with E-state index in [0.29, 0.717) is 24.8 Å². The number of hydrogen-bond donors (Lipinski definition) is 2. The number of benzene rings is 1. The fraction of sp³-hybridized carbons (Fsp3) is 0.529. The lowest BCUT2D eigenvalue weighted by Crippen LogP contribution is -2.26. The van der Waals surface area contributed by atoms with Gasteiger partial charge in [0, 0.05) is 18.9 Å². The zero-order valence-electron chi connectivity index (χ0n) is 13.4. The van der Waals surface area contributed by atoms with Crippen molar-refractivity contribution < 1.29 is 4.79 Å². The summed E-state index contributed by atoms with van der Waals surface area (Å²) >= 11 is 0. The fourth-order valence-electron chi connectivity index (χ4n) is 2.29. The molecule has 1 aromatic heterocycles. The highest BCUT2D eigenvalue weighted by atomic mass is 16.1. The third kappa shape index (κ3) is 4.31. The van der Waals surface area contributed by atoms with E-state index in [1.54, 1.807) is 0 Å². The zero-order chi connectivity index (χ0) is 15.4. The van der Waals surface area contributed by atoms with Crippen molar-refractivity contribution in [3.63, 3.8) is 0 Å². The minimum absolute atomic E-state index is 0.134. The van der Waals surface area contributed by atoms with Gasteiger partial charge < -0.3 is 10.3 Å². The summed E-state index contributed by atoms with van der Waals surface area (Å²) in [6, 6.07) is 6.26. The van der Waals surface area contributed by atoms with E-state index in [4.69, 9.17) is 0 Å². The zero-order valence-corrected chi connectivity index (χ0v) is 13.4. The Balaban J connectivity index is 1.95. The molecule has 114 valence electrons. The fourth-order valence-corrected chi connectivity index (χ4v) is 2.29. The van der Waals surface area contributed by atoms with Gasteiger partial charge in [-0.25, -0.2) is 4.98 Å². The van der Waals surface area contributed by atoms with Crippen LogP contribution in [0.1, 0.15) is 51.4 Å². The maximum absolute atomic E-state index is 11.6. The number of H-pyrrole nitrogens is 1. The van der Waals surface area contributed by atoms with Gasteiger partial charge in [0.1, 0.15) is 5.82 Å². The van der Waals surface area contributed by atoms with Crippen LogP contribution in [0, 0.1) is 5.92 Å². The van der Waals surface area contributed by atoms with Crippen LogP contribution in [0.25, 0.3) is 11.0 Å². The normalized spacial score (nSPS) is 11.5. The third-order valence-electron chi connectivity index (χ3n) is 3.44. The first kappa shape index (κ1) is 15.5. The Labute approximate surface area is 126 Å². The minimum Gasteiger partial charge on any atom is -0.356 e. The Morgan fingerprint density at radius 2 is 2.05 bits per heavy atom. The molecule has 1 amide bonds. The summed E-state index contributed by atoms with van der Waals surface area (Å²) in [4.78, 5) is 19.5. The van der Waals surface area contributed by atoms with Crippen LogP contribution in [-0.4, -0.2) is 22.4 Å². The molecule has 0 aliphatic heterocycles. The maximum Gasteiger partial charge on any atom is 0.220 e. The van der Waals surface area contributed by atoms with Crippen LogP contribution in [0.5, 0.6) is 0 Å². The Bertz CT molecular complexity index is 614. The number of nitrogens with one attached hydrogen (secondary N) is 2. The smallest absolute Gasteiger partial charge is 0.220 e. The Morgan fingerprint density at radius 1 is 1.29 bits per heavy atom. The van der Waals surface area contributed by atoms with Gasteiger partial charge in [-0.2, -0.15) is 0 Å². The summed E-state index contributed by atoms with van der Waals surface area (Å²) in [6.07, 6.45) is 1.44. The topological polar surface area (TPSA) is 57.8 Å². The van der Waals surface area contributed by atoms with E-state index >= 15 is 0 Å². The van der Waals surface area contributed by atoms with Gasteiger partial charge in [0.25, 0.3) is 0 Å². The number of hydrogen-bond acceptors (Lipinski definition) is 2. The number of fused-ring (bicyclic) bond motifs is 1. The van der Waals surface area contributed by atoms with Crippen LogP contribution in [0.15, 0.2) is 18.2 Å². The van der Waals surface area contributed by atoms with Gasteiger partial charge in [-0.3, -0.25) is 4.79 Å². The highest BCUT2D eigenvalue weighted by Gasteiger charge is 2.07. The second kappa shape index (κ2) is 6.74. The highest BCUT2D eigenvalue weighted by molar-refractivity contribution is 5.77. The van der Waals surface area contributed by atoms with Crippen molar-refractivity contribution in [1.82, 2.24) is 15.3 Å². The van der Waals surface area contributed by atoms with Gasteiger partial charge in [-0.05, 0) is 30.0 Å². The molecule has 0 bridgehead atoms. The average Bonchev–Trinajstić information content (AvgIpc) is 2.81. The SMILES string of the molecule is CC(C)CC(=O)NCCc1ccc2nc(C(C)C)[nH]c2c1. The molecule has 2 N–H and O–H groups in total. The number of nitrogens with zero attached hydrogens (tertiary/aromatic N) is 1. The number of carbonyl (C=O) groups excluding carboxylic acids is 1. The Morgan fingerprint density at radius 3 is 2.71 bits per heavy atom. The van der Waals surface area contributed by atoms with Crippen LogP contribution in [0.4, 0.5) is 0 Å². The summed E-state index contributed by atoms with van der Waals surface area (Å²) in [5.41, 5.74) is 3.29. The van der Waals surface area contributed by atoms with Crippen LogP contribution in [0.2, 0.25) is 0 Å². The van der Waals surface area contributed by atoms with Crippen LogP contribution in [0.3, 0.4) is 0 Å². The van der Waals surface area contributed by atoms with Gasteiger partial charge >= 0.3 is 0 Å². The van der Waals surface area contributed by atoms with Crippen molar-refractivity contribution in [2.45, 2.75) is 46.5 Å². The molecule has 0 atom stereocenters. The van der Waals surface area contributed by atoms with Gasteiger partial charge in [-0.15, -0.1) is 0 Å². The summed E-state index contributed by atoms with van der Waals surface area (Å²) in [7, 11) is 0. The van der Waals surface area contributed by atoms with Crippen molar-refractivity contribution >= 4 is 16.9 Å². The molecular weight excluding hydrogens is 262 g/mol. The standard InChI is InChI=1S/C17H25N3O/c1-11(2)9-16(21)18-8-7-13-5-6-14-15(10-13)20-17(19-14)12(3)4/h5-6,10-12H,7-9H2,1-4H3,(H,18,21)(H,19,20). The van der Waals surface area contributed by atoms with Crippen LogP contribution in [-0.2, 0) is 11.2 Å². The first-order valence-corrected chi connectivity index (χ1v) is 7.71. The number of carbonyl (C=O) groups is 1. The predicted molar refractivity (Wildman–Crippen MR) is 86.4 cm³/mol. The van der Waals surface area contributed by atoms with Crippen molar-refractivity contribution in [3.8, 4) is 0 Å². The van der Waals surface area contributed by atoms with E-state index in [0.717, 1.165) is 23.3 Å². The first-order valence-electron chi connectivity index (χ1n) is 7.71. The molecule has 0 saturated heterocycles. The monoisotopic (exact) mass is 287 g/mol. The molecule has 2 rings (SSSR count). The lowest BCUT2D eigenvalue weighted by atomic mass is 10.1. The molecule has 0 fully saturated rings. The van der Waals surface area contributed by atoms with E-state index in [9.17, 15) is 4.79 Å². The minimum atomic E-state index is 0.134. The van der Waals surface area contributed by atoms with Gasteiger partial charge in [0.15, 0.2) is 0 Å². The number of rotatable bonds is 6. The van der Waals surface area contributed by atoms with E-state index in [1.807, 2.05) is 6.07 Å². The summed E-state index contributed by atoms with van der Waals surface area (Å²) in [6.45, 7) is 9.05. The molecule has 21 heavy (non-hydrogen) atoms. The number of amides is 1. The van der Waals surface area contributed by atoms with E-state index in [2.05, 4.69) is 55.1 Å². The first-order chi connectivity index (χ1) is 9.95. The van der Waals surface area contributed by atoms with Crippen molar-refractivity contribution in [2.75, 3.05) is 6.54 Å². The molecule has 0 spiro atoms. The lowest BCUT2D eigenvalue weighted by Gasteiger charge is -2.07. The summed E-state index contributed by atoms with van der Waals surface area (Å²) in [5, 5.41) is 2.97. The van der Waals surface area contributed by atoms with Crippen LogP contribution >= 0.6 is 0 Å². The van der Waals surface area contributed by atoms with Gasteiger partial charge in [0.2, 0.25) is 5.91 Å². The molecule has 4 heteroatoms. The summed E-state index contributed by atoms with van der Waals surface area (Å²) < 4.78 is 0. The van der Waals surface area contributed by atoms with E-state index in [-0.39, 0.29) is 5.91 Å². The molecule has 0 aliphatic rings. The van der Waals surface area contributed by atoms with Crippen molar-refractivity contribution in [2.24, 2.45) is 5.92 Å². The molecule has 1 heterocycles. The Hall–Kier alpha value is -1.84. The molecule has 0 radical (unpaired) electrons. The molecule has 0 unspecified atom stereocenters. The molecule has 0 aliphatic carbocycles. The molecular formula is C17H25N3O. The van der Waals surface area contributed by atoms with Crippen LogP contribution < -0.4 is 5.32 Å². The predicted octanol–water partition coefficient (Wildman–Crippen LogP) is 3.39. The van der Waals surface area contributed by atoms with E-state index < -0.39 is 0 Å².